The van der Waals surface area contributed by atoms with Gasteiger partial charge in [-0.25, -0.2) is 14.6 Å². The van der Waals surface area contributed by atoms with Crippen LogP contribution in [0.25, 0.3) is 22.3 Å². The van der Waals surface area contributed by atoms with E-state index >= 15 is 0 Å². The smallest absolute Gasteiger partial charge is 0.261 e. The van der Waals surface area contributed by atoms with Crippen LogP contribution in [0.1, 0.15) is 29.2 Å². The Morgan fingerprint density at radius 1 is 1.10 bits per heavy atom. The van der Waals surface area contributed by atoms with Crippen molar-refractivity contribution in [2.75, 3.05) is 37.9 Å². The van der Waals surface area contributed by atoms with Crippen LogP contribution in [-0.4, -0.2) is 63.7 Å². The molecule has 2 atom stereocenters. The number of fused-ring (bicyclic) bond motifs is 2. The van der Waals surface area contributed by atoms with E-state index in [0.29, 0.717) is 45.7 Å². The van der Waals surface area contributed by atoms with Crippen molar-refractivity contribution in [1.29, 1.82) is 0 Å². The average molecular weight is 538 g/mol. The predicted octanol–water partition coefficient (Wildman–Crippen LogP) is 3.96. The summed E-state index contributed by atoms with van der Waals surface area (Å²) in [5, 5.41) is 5.69. The number of benzene rings is 2. The summed E-state index contributed by atoms with van der Waals surface area (Å²) in [6.45, 7) is 5.09. The maximum Gasteiger partial charge on any atom is 0.261 e. The molecule has 40 heavy (non-hydrogen) atoms. The summed E-state index contributed by atoms with van der Waals surface area (Å²) >= 11 is 0. The number of ether oxygens (including phenoxy) is 1. The van der Waals surface area contributed by atoms with E-state index in [1.807, 2.05) is 52.0 Å². The summed E-state index contributed by atoms with van der Waals surface area (Å²) in [4.78, 5) is 37.8. The maximum absolute atomic E-state index is 13.4. The lowest BCUT2D eigenvalue weighted by atomic mass is 10.0. The number of carbonyl (C=O) groups excluding carboxylic acids is 2. The number of rotatable bonds is 6. The zero-order valence-corrected chi connectivity index (χ0v) is 22.5. The van der Waals surface area contributed by atoms with Gasteiger partial charge in [0.15, 0.2) is 5.65 Å². The molecule has 10 heteroatoms. The molecule has 3 heterocycles. The lowest BCUT2D eigenvalue weighted by molar-refractivity contribution is -0.125. The van der Waals surface area contributed by atoms with Gasteiger partial charge in [0, 0.05) is 31.4 Å². The largest absolute Gasteiger partial charge is 0.496 e. The Morgan fingerprint density at radius 2 is 1.82 bits per heavy atom. The molecule has 1 saturated carbocycles. The number of methoxy groups -OCH3 is 1. The first kappa shape index (κ1) is 25.5. The Labute approximate surface area is 232 Å². The van der Waals surface area contributed by atoms with E-state index < -0.39 is 0 Å². The van der Waals surface area contributed by atoms with Crippen LogP contribution >= 0.6 is 0 Å². The molecule has 2 aromatic carbocycles. The van der Waals surface area contributed by atoms with E-state index in [-0.39, 0.29) is 17.9 Å². The van der Waals surface area contributed by atoms with Gasteiger partial charge in [0.05, 0.1) is 24.1 Å². The number of nitrogens with zero attached hydrogens (tertiary/aromatic N) is 6. The van der Waals surface area contributed by atoms with Gasteiger partial charge in [0.2, 0.25) is 5.91 Å². The van der Waals surface area contributed by atoms with E-state index in [4.69, 9.17) is 15.6 Å². The molecule has 0 bridgehead atoms. The Morgan fingerprint density at radius 3 is 2.50 bits per heavy atom. The number of carbonyl (C=O) groups is 2. The summed E-state index contributed by atoms with van der Waals surface area (Å²) in [5.41, 5.74) is 9.66. The van der Waals surface area contributed by atoms with Crippen molar-refractivity contribution >= 4 is 34.4 Å². The lowest BCUT2D eigenvalue weighted by Gasteiger charge is -2.19. The number of likely N-dealkylation sites (tertiary alicyclic amines) is 1. The molecular weight excluding hydrogens is 506 g/mol. The topological polar surface area (TPSA) is 119 Å². The molecule has 1 aliphatic heterocycles. The number of nitrogen functional groups attached to an aromatic ring is 1. The van der Waals surface area contributed by atoms with Gasteiger partial charge in [-0.05, 0) is 55.0 Å². The molecule has 2 aromatic heterocycles. The van der Waals surface area contributed by atoms with Crippen LogP contribution in [0.3, 0.4) is 0 Å². The number of amides is 2. The summed E-state index contributed by atoms with van der Waals surface area (Å²) in [6.07, 6.45) is 4.64. The zero-order valence-electron chi connectivity index (χ0n) is 22.5. The Balaban J connectivity index is 1.34. The molecule has 2 unspecified atom stereocenters. The number of anilines is 2. The van der Waals surface area contributed by atoms with Crippen LogP contribution in [0.4, 0.5) is 11.5 Å². The third kappa shape index (κ3) is 4.25. The van der Waals surface area contributed by atoms with Gasteiger partial charge in [0.1, 0.15) is 23.6 Å². The van der Waals surface area contributed by atoms with Crippen molar-refractivity contribution in [2.24, 2.45) is 11.8 Å². The molecule has 2 amide bonds. The molecule has 10 nitrogen and oxygen atoms in total. The first-order chi connectivity index (χ1) is 19.4. The van der Waals surface area contributed by atoms with Crippen molar-refractivity contribution in [3.63, 3.8) is 0 Å². The number of nitrogens with two attached hydrogens (primary N) is 1. The van der Waals surface area contributed by atoms with Crippen LogP contribution in [0.2, 0.25) is 0 Å². The average Bonchev–Trinajstić information content (AvgIpc) is 3.68. The van der Waals surface area contributed by atoms with Gasteiger partial charge in [-0.3, -0.25) is 9.59 Å². The third-order valence-electron chi connectivity index (χ3n) is 8.23. The predicted molar refractivity (Wildman–Crippen MR) is 153 cm³/mol. The highest BCUT2D eigenvalue weighted by atomic mass is 16.5. The Bertz CT molecular complexity index is 1600. The zero-order chi connectivity index (χ0) is 28.0. The van der Waals surface area contributed by atoms with Crippen LogP contribution in [0.15, 0.2) is 67.5 Å². The van der Waals surface area contributed by atoms with E-state index in [0.717, 1.165) is 37.2 Å². The second-order valence-electron chi connectivity index (χ2n) is 10.5. The van der Waals surface area contributed by atoms with Gasteiger partial charge >= 0.3 is 0 Å². The van der Waals surface area contributed by atoms with E-state index in [1.54, 1.807) is 25.1 Å². The number of hydrogen-bond acceptors (Lipinski definition) is 7. The van der Waals surface area contributed by atoms with Crippen molar-refractivity contribution in [3.05, 3.63) is 73.1 Å². The van der Waals surface area contributed by atoms with Gasteiger partial charge in [0.25, 0.3) is 5.91 Å². The van der Waals surface area contributed by atoms with Crippen molar-refractivity contribution < 1.29 is 14.3 Å². The van der Waals surface area contributed by atoms with Crippen molar-refractivity contribution in [3.8, 4) is 17.0 Å². The fourth-order valence-electron chi connectivity index (χ4n) is 6.19. The van der Waals surface area contributed by atoms with E-state index in [2.05, 4.69) is 16.5 Å². The quantitative estimate of drug-likeness (QED) is 0.370. The summed E-state index contributed by atoms with van der Waals surface area (Å²) in [5.74, 6) is 1.39. The minimum absolute atomic E-state index is 0.0101. The fraction of sp³-hybridized carbons (Fsp3) is 0.300. The highest BCUT2D eigenvalue weighted by Gasteiger charge is 2.43. The minimum Gasteiger partial charge on any atom is -0.496 e. The highest BCUT2D eigenvalue weighted by Crippen LogP contribution is 2.45. The van der Waals surface area contributed by atoms with E-state index in [9.17, 15) is 9.59 Å². The van der Waals surface area contributed by atoms with Gasteiger partial charge in [-0.1, -0.05) is 30.8 Å². The van der Waals surface area contributed by atoms with Gasteiger partial charge in [-0.2, -0.15) is 5.10 Å². The molecule has 4 aromatic rings. The van der Waals surface area contributed by atoms with Gasteiger partial charge < -0.3 is 20.3 Å². The molecule has 6 rings (SSSR count). The lowest BCUT2D eigenvalue weighted by Crippen LogP contribution is -2.28. The monoisotopic (exact) mass is 537 g/mol. The number of para-hydroxylation sites is 1. The molecule has 204 valence electrons. The molecule has 2 N–H and O–H groups in total. The third-order valence-corrected chi connectivity index (χ3v) is 8.23. The first-order valence-corrected chi connectivity index (χ1v) is 13.3. The molecule has 0 radical (unpaired) electrons. The molecule has 2 fully saturated rings. The normalized spacial score (nSPS) is 19.9. The number of hydrogen-bond donors (Lipinski definition) is 1. The molecule has 2 aliphatic rings. The van der Waals surface area contributed by atoms with Crippen molar-refractivity contribution in [2.45, 2.75) is 18.9 Å². The fourth-order valence-corrected chi connectivity index (χ4v) is 6.19. The summed E-state index contributed by atoms with van der Waals surface area (Å²) < 4.78 is 7.64. The first-order valence-electron chi connectivity index (χ1n) is 13.3. The van der Waals surface area contributed by atoms with Crippen LogP contribution in [0, 0.1) is 11.8 Å². The molecule has 1 aliphatic carbocycles. The van der Waals surface area contributed by atoms with Crippen LogP contribution in [-0.2, 0) is 4.79 Å². The Hall–Kier alpha value is -4.73. The Kier molecular flexibility index (Phi) is 6.45. The maximum atomic E-state index is 13.4. The number of aromatic nitrogens is 4. The molecule has 1 saturated heterocycles. The van der Waals surface area contributed by atoms with Gasteiger partial charge in [-0.15, -0.1) is 0 Å². The summed E-state index contributed by atoms with van der Waals surface area (Å²) in [7, 11) is 3.28. The van der Waals surface area contributed by atoms with Crippen molar-refractivity contribution in [1.82, 2.24) is 24.6 Å². The molecule has 0 spiro atoms. The van der Waals surface area contributed by atoms with Crippen LogP contribution < -0.4 is 15.4 Å². The molecular formula is C30H31N7O3. The highest BCUT2D eigenvalue weighted by molar-refractivity contribution is 6.08. The van der Waals surface area contributed by atoms with Crippen LogP contribution in [0.5, 0.6) is 5.75 Å². The standard InChI is InChI=1S/C30H31N7O3/c1-4-25(38)36-15-19-12-22(13-20(19)16-36)37-29-26(28(31)32-17-33-29)27(34-37)18-10-11-23(24(14-18)40-3)30(39)35(2)21-8-6-5-7-9-21/h4-11,14,17,19-20,22H,1,12-13,15-16H2,2-3H3,(H2,31,32,33). The second kappa shape index (κ2) is 10.1. The summed E-state index contributed by atoms with van der Waals surface area (Å²) in [6, 6.07) is 15.0. The minimum atomic E-state index is -0.186. The second-order valence-corrected chi connectivity index (χ2v) is 10.5. The van der Waals surface area contributed by atoms with E-state index in [1.165, 1.54) is 12.4 Å². The SMILES string of the molecule is C=CC(=O)N1CC2CC(n3nc(-c4ccc(C(=O)N(C)c5ccccc5)c(OC)c4)c4c(N)ncnc43)CC2C1.